The third-order valence-electron chi connectivity index (χ3n) is 4.65. The zero-order chi connectivity index (χ0) is 18.0. The van der Waals surface area contributed by atoms with Gasteiger partial charge in [0, 0.05) is 19.0 Å². The van der Waals surface area contributed by atoms with Crippen molar-refractivity contribution in [2.45, 2.75) is 5.92 Å². The molecule has 0 aliphatic carbocycles. The van der Waals surface area contributed by atoms with Gasteiger partial charge >= 0.3 is 0 Å². The third kappa shape index (κ3) is 3.36. The molecule has 0 bridgehead atoms. The smallest absolute Gasteiger partial charge is 0.285 e. The second kappa shape index (κ2) is 6.98. The molecular formula is C18H18FN3O3. The first-order valence-electron chi connectivity index (χ1n) is 7.99. The van der Waals surface area contributed by atoms with Crippen LogP contribution in [0.3, 0.4) is 0 Å². The van der Waals surface area contributed by atoms with Gasteiger partial charge in [0.05, 0.1) is 11.0 Å². The van der Waals surface area contributed by atoms with E-state index < -0.39 is 22.3 Å². The van der Waals surface area contributed by atoms with Crippen molar-refractivity contribution in [3.05, 3.63) is 75.6 Å². The summed E-state index contributed by atoms with van der Waals surface area (Å²) in [7, 11) is 0. The average molecular weight is 343 g/mol. The van der Waals surface area contributed by atoms with E-state index in [1.165, 1.54) is 6.07 Å². The van der Waals surface area contributed by atoms with Gasteiger partial charge < -0.3 is 10.6 Å². The van der Waals surface area contributed by atoms with Crippen LogP contribution >= 0.6 is 0 Å². The van der Waals surface area contributed by atoms with Crippen LogP contribution in [0.25, 0.3) is 0 Å². The fraction of sp³-hybridized carbons (Fsp3) is 0.278. The lowest BCUT2D eigenvalue weighted by atomic mass is 9.89. The van der Waals surface area contributed by atoms with Crippen molar-refractivity contribution in [1.29, 1.82) is 0 Å². The van der Waals surface area contributed by atoms with E-state index in [9.17, 15) is 19.3 Å². The zero-order valence-corrected chi connectivity index (χ0v) is 13.5. The minimum Gasteiger partial charge on any atom is -0.337 e. The summed E-state index contributed by atoms with van der Waals surface area (Å²) in [5.74, 6) is -1.06. The van der Waals surface area contributed by atoms with Crippen molar-refractivity contribution in [2.24, 2.45) is 11.7 Å². The number of amides is 1. The van der Waals surface area contributed by atoms with Gasteiger partial charge in [-0.3, -0.25) is 14.9 Å². The van der Waals surface area contributed by atoms with Crippen molar-refractivity contribution in [1.82, 2.24) is 4.90 Å². The van der Waals surface area contributed by atoms with Crippen LogP contribution in [-0.4, -0.2) is 35.4 Å². The van der Waals surface area contributed by atoms with E-state index in [1.54, 1.807) is 4.90 Å². The van der Waals surface area contributed by atoms with Crippen molar-refractivity contribution >= 4 is 11.6 Å². The van der Waals surface area contributed by atoms with E-state index in [0.29, 0.717) is 19.6 Å². The first-order chi connectivity index (χ1) is 12.0. The number of carbonyl (C=O) groups is 1. The normalized spacial score (nSPS) is 19.8. The monoisotopic (exact) mass is 343 g/mol. The van der Waals surface area contributed by atoms with Crippen LogP contribution < -0.4 is 5.73 Å². The van der Waals surface area contributed by atoms with Crippen LogP contribution in [-0.2, 0) is 0 Å². The SMILES string of the molecule is NC[C@@H]1CN(C(=O)c2ccc(F)cc2[N+](=O)[O-])C[C@H]1c1ccccc1. The van der Waals surface area contributed by atoms with Gasteiger partial charge in [0.2, 0.25) is 0 Å². The summed E-state index contributed by atoms with van der Waals surface area (Å²) in [5, 5.41) is 11.1. The zero-order valence-electron chi connectivity index (χ0n) is 13.5. The van der Waals surface area contributed by atoms with E-state index in [2.05, 4.69) is 0 Å². The Balaban J connectivity index is 1.88. The molecule has 0 saturated carbocycles. The number of carbonyl (C=O) groups excluding carboxylic acids is 1. The fourth-order valence-corrected chi connectivity index (χ4v) is 3.36. The first kappa shape index (κ1) is 17.0. The van der Waals surface area contributed by atoms with Crippen LogP contribution in [0.4, 0.5) is 10.1 Å². The summed E-state index contributed by atoms with van der Waals surface area (Å²) in [5.41, 5.74) is 6.33. The molecule has 2 atom stereocenters. The Morgan fingerprint density at radius 2 is 1.96 bits per heavy atom. The lowest BCUT2D eigenvalue weighted by molar-refractivity contribution is -0.385. The van der Waals surface area contributed by atoms with Gasteiger partial charge in [0.15, 0.2) is 0 Å². The maximum atomic E-state index is 13.3. The van der Waals surface area contributed by atoms with Gasteiger partial charge in [0.1, 0.15) is 11.4 Å². The number of hydrogen-bond donors (Lipinski definition) is 1. The van der Waals surface area contributed by atoms with Gasteiger partial charge in [0.25, 0.3) is 11.6 Å². The van der Waals surface area contributed by atoms with Crippen LogP contribution in [0.5, 0.6) is 0 Å². The highest BCUT2D eigenvalue weighted by molar-refractivity contribution is 5.98. The van der Waals surface area contributed by atoms with Gasteiger partial charge in [-0.1, -0.05) is 30.3 Å². The standard InChI is InChI=1S/C18H18FN3O3/c19-14-6-7-15(17(8-14)22(24)25)18(23)21-10-13(9-20)16(11-21)12-4-2-1-3-5-12/h1-8,13,16H,9-11,20H2/t13-,16+/m1/s1. The molecule has 3 rings (SSSR count). The van der Waals surface area contributed by atoms with Crippen LogP contribution in [0.2, 0.25) is 0 Å². The molecule has 1 aliphatic rings. The number of nitro benzene ring substituents is 1. The fourth-order valence-electron chi connectivity index (χ4n) is 3.36. The van der Waals surface area contributed by atoms with Crippen molar-refractivity contribution in [2.75, 3.05) is 19.6 Å². The van der Waals surface area contributed by atoms with E-state index in [0.717, 1.165) is 17.7 Å². The Morgan fingerprint density at radius 3 is 2.60 bits per heavy atom. The number of hydrogen-bond acceptors (Lipinski definition) is 4. The average Bonchev–Trinajstić information content (AvgIpc) is 3.06. The van der Waals surface area contributed by atoms with Gasteiger partial charge in [-0.15, -0.1) is 0 Å². The van der Waals surface area contributed by atoms with Crippen molar-refractivity contribution < 1.29 is 14.1 Å². The second-order valence-corrected chi connectivity index (χ2v) is 6.14. The lowest BCUT2D eigenvalue weighted by Gasteiger charge is -2.17. The summed E-state index contributed by atoms with van der Waals surface area (Å²) in [6.07, 6.45) is 0. The molecule has 1 fully saturated rings. The molecular weight excluding hydrogens is 325 g/mol. The van der Waals surface area contributed by atoms with E-state index in [-0.39, 0.29) is 17.4 Å². The predicted octanol–water partition coefficient (Wildman–Crippen LogP) is 2.55. The van der Waals surface area contributed by atoms with Gasteiger partial charge in [-0.25, -0.2) is 4.39 Å². The molecule has 1 heterocycles. The molecule has 2 aromatic carbocycles. The maximum Gasteiger partial charge on any atom is 0.285 e. The molecule has 0 unspecified atom stereocenters. The predicted molar refractivity (Wildman–Crippen MR) is 90.7 cm³/mol. The number of nitrogens with two attached hydrogens (primary N) is 1. The molecule has 2 aromatic rings. The van der Waals surface area contributed by atoms with E-state index in [4.69, 9.17) is 5.73 Å². The molecule has 0 aromatic heterocycles. The molecule has 1 amide bonds. The Labute approximate surface area is 144 Å². The molecule has 0 spiro atoms. The first-order valence-corrected chi connectivity index (χ1v) is 7.99. The Kier molecular flexibility index (Phi) is 4.76. The molecule has 7 heteroatoms. The van der Waals surface area contributed by atoms with Gasteiger partial charge in [-0.2, -0.15) is 0 Å². The molecule has 1 aliphatic heterocycles. The molecule has 25 heavy (non-hydrogen) atoms. The second-order valence-electron chi connectivity index (χ2n) is 6.14. The summed E-state index contributed by atoms with van der Waals surface area (Å²) in [6, 6.07) is 12.8. The number of benzene rings is 2. The molecule has 130 valence electrons. The maximum absolute atomic E-state index is 13.3. The van der Waals surface area contributed by atoms with Crippen LogP contribution in [0.15, 0.2) is 48.5 Å². The Morgan fingerprint density at radius 1 is 1.24 bits per heavy atom. The topological polar surface area (TPSA) is 89.5 Å². The third-order valence-corrected chi connectivity index (χ3v) is 4.65. The van der Waals surface area contributed by atoms with Gasteiger partial charge in [-0.05, 0) is 30.2 Å². The summed E-state index contributed by atoms with van der Waals surface area (Å²) in [6.45, 7) is 1.26. The molecule has 6 nitrogen and oxygen atoms in total. The molecule has 2 N–H and O–H groups in total. The minimum atomic E-state index is -0.744. The quantitative estimate of drug-likeness (QED) is 0.682. The highest BCUT2D eigenvalue weighted by Crippen LogP contribution is 2.33. The van der Waals surface area contributed by atoms with E-state index >= 15 is 0 Å². The summed E-state index contributed by atoms with van der Waals surface area (Å²) < 4.78 is 13.3. The molecule has 0 radical (unpaired) electrons. The largest absolute Gasteiger partial charge is 0.337 e. The van der Waals surface area contributed by atoms with Crippen molar-refractivity contribution in [3.63, 3.8) is 0 Å². The number of likely N-dealkylation sites (tertiary alicyclic amines) is 1. The Hall–Kier alpha value is -2.80. The number of nitrogens with zero attached hydrogens (tertiary/aromatic N) is 2. The lowest BCUT2D eigenvalue weighted by Crippen LogP contribution is -2.30. The van der Waals surface area contributed by atoms with Crippen LogP contribution in [0.1, 0.15) is 21.8 Å². The van der Waals surface area contributed by atoms with E-state index in [1.807, 2.05) is 30.3 Å². The minimum absolute atomic E-state index is 0.0749. The highest BCUT2D eigenvalue weighted by atomic mass is 19.1. The number of rotatable bonds is 4. The summed E-state index contributed by atoms with van der Waals surface area (Å²) in [4.78, 5) is 24.8. The van der Waals surface area contributed by atoms with Crippen LogP contribution in [0, 0.1) is 21.8 Å². The number of nitro groups is 1. The number of halogens is 1. The highest BCUT2D eigenvalue weighted by Gasteiger charge is 2.37. The molecule has 1 saturated heterocycles. The van der Waals surface area contributed by atoms with Crippen molar-refractivity contribution in [3.8, 4) is 0 Å². The summed E-state index contributed by atoms with van der Waals surface area (Å²) >= 11 is 0. The Bertz CT molecular complexity index is 797.